The van der Waals surface area contributed by atoms with Gasteiger partial charge in [0.25, 0.3) is 0 Å². The van der Waals surface area contributed by atoms with Crippen molar-refractivity contribution in [1.82, 2.24) is 0 Å². The van der Waals surface area contributed by atoms with E-state index in [-0.39, 0.29) is 6.29 Å². The van der Waals surface area contributed by atoms with Crippen LogP contribution in [-0.2, 0) is 13.9 Å². The van der Waals surface area contributed by atoms with Crippen molar-refractivity contribution in [3.05, 3.63) is 11.8 Å². The second-order valence-electron chi connectivity index (χ2n) is 3.71. The van der Waals surface area contributed by atoms with Crippen molar-refractivity contribution in [2.75, 3.05) is 14.2 Å². The summed E-state index contributed by atoms with van der Waals surface area (Å²) in [6.45, 7) is 8.29. The summed E-state index contributed by atoms with van der Waals surface area (Å²) >= 11 is 0. The van der Waals surface area contributed by atoms with Gasteiger partial charge in [-0.05, 0) is 32.6 Å². The van der Waals surface area contributed by atoms with Gasteiger partial charge >= 0.3 is 0 Å². The number of rotatable bonds is 5. The molecule has 0 amide bonds. The summed E-state index contributed by atoms with van der Waals surface area (Å²) in [5.74, 6) is 0.768. The Balaban J connectivity index is 4.35. The Hall–Kier alpha value is -0.323. The highest BCUT2D eigenvalue weighted by atomic mass is 28.4. The first-order valence-corrected chi connectivity index (χ1v) is 7.76. The zero-order valence-corrected chi connectivity index (χ0v) is 10.4. The Morgan fingerprint density at radius 3 is 1.85 bits per heavy atom. The van der Waals surface area contributed by atoms with E-state index >= 15 is 0 Å². The van der Waals surface area contributed by atoms with Crippen LogP contribution in [0.2, 0.25) is 19.6 Å². The highest BCUT2D eigenvalue weighted by Crippen LogP contribution is 2.15. The van der Waals surface area contributed by atoms with Crippen LogP contribution in [0, 0.1) is 0 Å². The Bertz CT molecular complexity index is 168. The molecule has 4 heteroatoms. The lowest BCUT2D eigenvalue weighted by Gasteiger charge is -2.25. The molecule has 3 nitrogen and oxygen atoms in total. The van der Waals surface area contributed by atoms with Gasteiger partial charge < -0.3 is 13.9 Å². The second kappa shape index (κ2) is 5.42. The minimum Gasteiger partial charge on any atom is -0.544 e. The summed E-state index contributed by atoms with van der Waals surface area (Å²) in [4.78, 5) is 0. The normalized spacial score (nSPS) is 13.6. The van der Waals surface area contributed by atoms with Crippen molar-refractivity contribution in [1.29, 1.82) is 0 Å². The summed E-state index contributed by atoms with van der Waals surface area (Å²) in [5.41, 5.74) is 0. The van der Waals surface area contributed by atoms with E-state index in [0.717, 1.165) is 5.76 Å². The van der Waals surface area contributed by atoms with E-state index < -0.39 is 8.32 Å². The monoisotopic (exact) mass is 204 g/mol. The first-order valence-electron chi connectivity index (χ1n) is 4.35. The molecule has 78 valence electrons. The number of ether oxygens (including phenoxy) is 2. The molecule has 0 N–H and O–H groups in total. The first kappa shape index (κ1) is 12.7. The number of methoxy groups -OCH3 is 2. The van der Waals surface area contributed by atoms with Crippen LogP contribution in [0.4, 0.5) is 0 Å². The van der Waals surface area contributed by atoms with E-state index in [1.54, 1.807) is 14.2 Å². The van der Waals surface area contributed by atoms with Crippen LogP contribution in [0.15, 0.2) is 11.8 Å². The SMILES string of the molecule is C/C=C(\O[Si](C)(C)C)C(OC)OC. The average Bonchev–Trinajstić information content (AvgIpc) is 2.02. The molecule has 0 radical (unpaired) electrons. The molecule has 0 unspecified atom stereocenters. The fraction of sp³-hybridized carbons (Fsp3) is 0.778. The molecule has 0 spiro atoms. The largest absolute Gasteiger partial charge is 0.544 e. The van der Waals surface area contributed by atoms with E-state index in [4.69, 9.17) is 13.9 Å². The van der Waals surface area contributed by atoms with Gasteiger partial charge in [-0.1, -0.05) is 0 Å². The maximum Gasteiger partial charge on any atom is 0.242 e. The van der Waals surface area contributed by atoms with Crippen molar-refractivity contribution in [3.8, 4) is 0 Å². The van der Waals surface area contributed by atoms with Crippen LogP contribution in [0.25, 0.3) is 0 Å². The summed E-state index contributed by atoms with van der Waals surface area (Å²) < 4.78 is 16.0. The van der Waals surface area contributed by atoms with Gasteiger partial charge in [-0.15, -0.1) is 0 Å². The van der Waals surface area contributed by atoms with Crippen molar-refractivity contribution in [3.63, 3.8) is 0 Å². The number of allylic oxidation sites excluding steroid dienone is 1. The fourth-order valence-electron chi connectivity index (χ4n) is 0.925. The van der Waals surface area contributed by atoms with Gasteiger partial charge in [0.15, 0.2) is 0 Å². The molecule has 0 heterocycles. The molecular weight excluding hydrogens is 184 g/mol. The van der Waals surface area contributed by atoms with E-state index in [2.05, 4.69) is 19.6 Å². The molecule has 0 aromatic heterocycles. The van der Waals surface area contributed by atoms with Gasteiger partial charge in [0.05, 0.1) is 0 Å². The zero-order chi connectivity index (χ0) is 10.5. The summed E-state index contributed by atoms with van der Waals surface area (Å²) in [5, 5.41) is 0. The Morgan fingerprint density at radius 2 is 1.62 bits per heavy atom. The zero-order valence-electron chi connectivity index (χ0n) is 9.38. The van der Waals surface area contributed by atoms with Crippen LogP contribution in [0.5, 0.6) is 0 Å². The third-order valence-electron chi connectivity index (χ3n) is 1.37. The van der Waals surface area contributed by atoms with Gasteiger partial charge in [0.1, 0.15) is 5.76 Å². The van der Waals surface area contributed by atoms with Crippen molar-refractivity contribution in [2.45, 2.75) is 32.9 Å². The Kier molecular flexibility index (Phi) is 5.28. The van der Waals surface area contributed by atoms with E-state index in [9.17, 15) is 0 Å². The van der Waals surface area contributed by atoms with Gasteiger partial charge in [-0.3, -0.25) is 0 Å². The maximum atomic E-state index is 5.78. The van der Waals surface area contributed by atoms with Crippen LogP contribution < -0.4 is 0 Å². The van der Waals surface area contributed by atoms with Gasteiger partial charge in [0, 0.05) is 14.2 Å². The van der Waals surface area contributed by atoms with E-state index in [1.807, 2.05) is 13.0 Å². The van der Waals surface area contributed by atoms with E-state index in [0.29, 0.717) is 0 Å². The molecule has 0 atom stereocenters. The maximum absolute atomic E-state index is 5.78. The molecule has 0 aliphatic rings. The third kappa shape index (κ3) is 5.08. The van der Waals surface area contributed by atoms with Crippen LogP contribution >= 0.6 is 0 Å². The predicted molar refractivity (Wildman–Crippen MR) is 56.0 cm³/mol. The quantitative estimate of drug-likeness (QED) is 0.391. The lowest BCUT2D eigenvalue weighted by atomic mass is 10.4. The summed E-state index contributed by atoms with van der Waals surface area (Å²) in [6, 6.07) is 0. The number of hydrogen-bond donors (Lipinski definition) is 0. The van der Waals surface area contributed by atoms with Crippen molar-refractivity contribution < 1.29 is 13.9 Å². The van der Waals surface area contributed by atoms with E-state index in [1.165, 1.54) is 0 Å². The molecule has 0 aliphatic carbocycles. The van der Waals surface area contributed by atoms with Gasteiger partial charge in [-0.25, -0.2) is 0 Å². The lowest BCUT2D eigenvalue weighted by molar-refractivity contribution is -0.0941. The molecule has 0 saturated carbocycles. The first-order chi connectivity index (χ1) is 5.94. The second-order valence-corrected chi connectivity index (χ2v) is 8.14. The topological polar surface area (TPSA) is 27.7 Å². The fourth-order valence-corrected chi connectivity index (χ4v) is 1.85. The minimum atomic E-state index is -1.56. The van der Waals surface area contributed by atoms with Crippen LogP contribution in [-0.4, -0.2) is 28.8 Å². The molecule has 0 fully saturated rings. The highest BCUT2D eigenvalue weighted by Gasteiger charge is 2.22. The van der Waals surface area contributed by atoms with Crippen molar-refractivity contribution in [2.24, 2.45) is 0 Å². The summed E-state index contributed by atoms with van der Waals surface area (Å²) in [6.07, 6.45) is 1.51. The molecule has 13 heavy (non-hydrogen) atoms. The third-order valence-corrected chi connectivity index (χ3v) is 2.22. The highest BCUT2D eigenvalue weighted by molar-refractivity contribution is 6.70. The van der Waals surface area contributed by atoms with Crippen LogP contribution in [0.1, 0.15) is 6.92 Å². The molecule has 0 aromatic rings. The molecule has 0 aromatic carbocycles. The molecule has 0 bridgehead atoms. The predicted octanol–water partition coefficient (Wildman–Crippen LogP) is 2.36. The smallest absolute Gasteiger partial charge is 0.242 e. The van der Waals surface area contributed by atoms with Gasteiger partial charge in [0.2, 0.25) is 14.6 Å². The van der Waals surface area contributed by atoms with Crippen molar-refractivity contribution >= 4 is 8.32 Å². The minimum absolute atomic E-state index is 0.378. The summed E-state index contributed by atoms with van der Waals surface area (Å²) in [7, 11) is 1.64. The standard InChI is InChI=1S/C9H20O3Si/c1-7-8(9(10-2)11-3)12-13(4,5)6/h7,9H,1-6H3/b8-7-. The molecular formula is C9H20O3Si. The van der Waals surface area contributed by atoms with Gasteiger partial charge in [-0.2, -0.15) is 0 Å². The molecule has 0 saturated heterocycles. The molecule has 0 rings (SSSR count). The Morgan fingerprint density at radius 1 is 1.15 bits per heavy atom. The molecule has 0 aliphatic heterocycles. The average molecular weight is 204 g/mol. The Labute approximate surface area is 81.8 Å². The van der Waals surface area contributed by atoms with Crippen LogP contribution in [0.3, 0.4) is 0 Å². The number of hydrogen-bond acceptors (Lipinski definition) is 3. The lowest BCUT2D eigenvalue weighted by Crippen LogP contribution is -2.30.